The van der Waals surface area contributed by atoms with E-state index in [0.29, 0.717) is 13.1 Å². The quantitative estimate of drug-likeness (QED) is 0.855. The van der Waals surface area contributed by atoms with Crippen molar-refractivity contribution in [3.8, 4) is 5.75 Å². The Morgan fingerprint density at radius 3 is 2.46 bits per heavy atom. The van der Waals surface area contributed by atoms with Crippen molar-refractivity contribution in [2.45, 2.75) is 18.6 Å². The van der Waals surface area contributed by atoms with Gasteiger partial charge in [-0.3, -0.25) is 4.79 Å². The van der Waals surface area contributed by atoms with Crippen LogP contribution in [0.2, 0.25) is 0 Å². The Morgan fingerprint density at radius 2 is 1.93 bits per heavy atom. The Hall–Kier alpha value is -2.68. The molecule has 2 aromatic rings. The molecule has 4 rings (SSSR count). The highest BCUT2D eigenvalue weighted by Crippen LogP contribution is 2.45. The first-order chi connectivity index (χ1) is 13.3. The van der Waals surface area contributed by atoms with E-state index in [1.807, 2.05) is 11.9 Å². The molecule has 1 N–H and O–H groups in total. The van der Waals surface area contributed by atoms with Gasteiger partial charge in [0.05, 0.1) is 24.1 Å². The number of alkyl halides is 1. The van der Waals surface area contributed by atoms with Gasteiger partial charge in [-0.2, -0.15) is 0 Å². The number of pyridine rings is 1. The Balaban J connectivity index is 2.01. The molecule has 150 valence electrons. The Labute approximate surface area is 159 Å². The zero-order valence-electron chi connectivity index (χ0n) is 15.6. The zero-order chi connectivity index (χ0) is 20.2. The summed E-state index contributed by atoms with van der Waals surface area (Å²) in [7, 11) is 3.35. The molecule has 0 spiro atoms. The molecule has 9 heteroatoms. The minimum absolute atomic E-state index is 0.119. The normalized spacial score (nSPS) is 22.5. The number of methoxy groups -OCH3 is 1. The van der Waals surface area contributed by atoms with Crippen molar-refractivity contribution in [2.24, 2.45) is 0 Å². The van der Waals surface area contributed by atoms with E-state index in [4.69, 9.17) is 4.74 Å². The largest absolute Gasteiger partial charge is 0.492 e. The second-order valence-corrected chi connectivity index (χ2v) is 7.33. The molecule has 28 heavy (non-hydrogen) atoms. The van der Waals surface area contributed by atoms with Gasteiger partial charge in [-0.1, -0.05) is 0 Å². The molecule has 1 aromatic heterocycles. The Bertz CT molecular complexity index is 1010. The summed E-state index contributed by atoms with van der Waals surface area (Å²) in [5.41, 5.74) is -0.870. The van der Waals surface area contributed by atoms with E-state index >= 15 is 4.39 Å². The number of piperazine rings is 1. The lowest BCUT2D eigenvalue weighted by atomic mass is 10.1. The van der Waals surface area contributed by atoms with Crippen LogP contribution in [0.4, 0.5) is 14.5 Å². The fourth-order valence-electron chi connectivity index (χ4n) is 3.82. The number of fused-ring (bicyclic) bond motifs is 1. The summed E-state index contributed by atoms with van der Waals surface area (Å²) in [5, 5.41) is 9.23. The summed E-state index contributed by atoms with van der Waals surface area (Å²) in [4.78, 5) is 28.1. The Kier molecular flexibility index (Phi) is 4.49. The zero-order valence-corrected chi connectivity index (χ0v) is 15.6. The van der Waals surface area contributed by atoms with Crippen LogP contribution in [0.5, 0.6) is 5.75 Å². The van der Waals surface area contributed by atoms with Crippen LogP contribution in [-0.4, -0.2) is 67.1 Å². The monoisotopic (exact) mass is 393 g/mol. The molecule has 2 unspecified atom stereocenters. The molecule has 2 aliphatic rings. The maximum Gasteiger partial charge on any atom is 0.341 e. The molecular weight excluding hydrogens is 372 g/mol. The number of carbonyl (C=O) groups is 1. The van der Waals surface area contributed by atoms with Gasteiger partial charge < -0.3 is 24.2 Å². The fourth-order valence-corrected chi connectivity index (χ4v) is 3.82. The van der Waals surface area contributed by atoms with Crippen molar-refractivity contribution >= 4 is 22.6 Å². The molecule has 0 bridgehead atoms. The predicted molar refractivity (Wildman–Crippen MR) is 99.9 cm³/mol. The maximum absolute atomic E-state index is 15.1. The highest BCUT2D eigenvalue weighted by molar-refractivity contribution is 5.97. The lowest BCUT2D eigenvalue weighted by Gasteiger charge is -2.35. The van der Waals surface area contributed by atoms with Crippen LogP contribution in [0.1, 0.15) is 22.8 Å². The number of benzene rings is 1. The number of rotatable bonds is 4. The van der Waals surface area contributed by atoms with Crippen molar-refractivity contribution in [2.75, 3.05) is 45.2 Å². The molecule has 1 aromatic carbocycles. The first-order valence-corrected chi connectivity index (χ1v) is 9.09. The van der Waals surface area contributed by atoms with E-state index < -0.39 is 35.0 Å². The standard InChI is InChI=1S/C19H21F2N3O4/c1-22-3-5-23(6-4-22)16-13(21)7-10-15(18(16)28-2)24(14-8-12(14)20)9-11(17(10)25)19(26)27/h7,9,12,14H,3-6,8H2,1-2H3,(H,26,27). The minimum atomic E-state index is -1.43. The fraction of sp³-hybridized carbons (Fsp3) is 0.474. The minimum Gasteiger partial charge on any atom is -0.492 e. The number of nitrogens with zero attached hydrogens (tertiary/aromatic N) is 3. The van der Waals surface area contributed by atoms with Crippen molar-refractivity contribution in [3.05, 3.63) is 33.9 Å². The van der Waals surface area contributed by atoms with Gasteiger partial charge >= 0.3 is 5.97 Å². The number of anilines is 1. The van der Waals surface area contributed by atoms with E-state index in [0.717, 1.165) is 25.4 Å². The summed E-state index contributed by atoms with van der Waals surface area (Å²) < 4.78 is 35.9. The molecule has 2 heterocycles. The number of aromatic carboxylic acids is 1. The predicted octanol–water partition coefficient (Wildman–Crippen LogP) is 1.88. The maximum atomic E-state index is 15.1. The van der Waals surface area contributed by atoms with Gasteiger partial charge in [0.1, 0.15) is 17.4 Å². The van der Waals surface area contributed by atoms with E-state index in [1.54, 1.807) is 0 Å². The number of ether oxygens (including phenoxy) is 1. The number of halogens is 2. The van der Waals surface area contributed by atoms with E-state index in [2.05, 4.69) is 4.90 Å². The van der Waals surface area contributed by atoms with Crippen LogP contribution >= 0.6 is 0 Å². The van der Waals surface area contributed by atoms with Crippen LogP contribution < -0.4 is 15.1 Å². The van der Waals surface area contributed by atoms with Crippen molar-refractivity contribution < 1.29 is 23.4 Å². The van der Waals surface area contributed by atoms with E-state index in [1.165, 1.54) is 11.7 Å². The van der Waals surface area contributed by atoms with Crippen LogP contribution in [0.25, 0.3) is 10.9 Å². The van der Waals surface area contributed by atoms with Gasteiger partial charge in [-0.15, -0.1) is 0 Å². The number of hydrogen-bond donors (Lipinski definition) is 1. The van der Waals surface area contributed by atoms with Gasteiger partial charge in [-0.25, -0.2) is 13.6 Å². The smallest absolute Gasteiger partial charge is 0.341 e. The molecule has 1 saturated heterocycles. The molecule has 0 amide bonds. The van der Waals surface area contributed by atoms with Gasteiger partial charge in [0.2, 0.25) is 5.43 Å². The van der Waals surface area contributed by atoms with E-state index in [9.17, 15) is 19.1 Å². The molecular formula is C19H21F2N3O4. The number of likely N-dealkylation sites (N-methyl/N-ethyl adjacent to an activating group) is 1. The third kappa shape index (κ3) is 2.90. The highest BCUT2D eigenvalue weighted by Gasteiger charge is 2.41. The first kappa shape index (κ1) is 18.7. The molecule has 2 atom stereocenters. The molecule has 2 fully saturated rings. The second-order valence-electron chi connectivity index (χ2n) is 7.33. The van der Waals surface area contributed by atoms with Gasteiger partial charge in [0.25, 0.3) is 0 Å². The average Bonchev–Trinajstić information content (AvgIpc) is 3.38. The van der Waals surface area contributed by atoms with Crippen LogP contribution in [0.15, 0.2) is 17.1 Å². The SMILES string of the molecule is COc1c(N2CCN(C)CC2)c(F)cc2c(=O)c(C(=O)O)cn(C3CC3F)c12. The number of aromatic nitrogens is 1. The first-order valence-electron chi connectivity index (χ1n) is 9.09. The third-order valence-corrected chi connectivity index (χ3v) is 5.49. The van der Waals surface area contributed by atoms with Crippen LogP contribution in [-0.2, 0) is 0 Å². The van der Waals surface area contributed by atoms with Crippen LogP contribution in [0.3, 0.4) is 0 Å². The van der Waals surface area contributed by atoms with Crippen molar-refractivity contribution in [1.29, 1.82) is 0 Å². The lowest BCUT2D eigenvalue weighted by molar-refractivity contribution is 0.0694. The second kappa shape index (κ2) is 6.73. The molecule has 7 nitrogen and oxygen atoms in total. The number of hydrogen-bond acceptors (Lipinski definition) is 5. The van der Waals surface area contributed by atoms with Gasteiger partial charge in [0.15, 0.2) is 11.6 Å². The third-order valence-electron chi connectivity index (χ3n) is 5.49. The number of carboxylic acid groups (broad SMARTS) is 1. The average molecular weight is 393 g/mol. The summed E-state index contributed by atoms with van der Waals surface area (Å²) in [6, 6.07) is 0.452. The number of carboxylic acids is 1. The van der Waals surface area contributed by atoms with Crippen molar-refractivity contribution in [1.82, 2.24) is 9.47 Å². The van der Waals surface area contributed by atoms with E-state index in [-0.39, 0.29) is 28.8 Å². The van der Waals surface area contributed by atoms with Gasteiger partial charge in [0, 0.05) is 38.8 Å². The lowest BCUT2D eigenvalue weighted by Crippen LogP contribution is -2.45. The van der Waals surface area contributed by atoms with Crippen LogP contribution in [0, 0.1) is 5.82 Å². The summed E-state index contributed by atoms with van der Waals surface area (Å²) in [6.07, 6.45) is 0.210. The van der Waals surface area contributed by atoms with Crippen molar-refractivity contribution in [3.63, 3.8) is 0 Å². The molecule has 1 aliphatic carbocycles. The Morgan fingerprint density at radius 1 is 1.29 bits per heavy atom. The summed E-state index contributed by atoms with van der Waals surface area (Å²) >= 11 is 0. The van der Waals surface area contributed by atoms with Gasteiger partial charge in [-0.05, 0) is 13.1 Å². The molecule has 0 radical (unpaired) electrons. The molecule has 1 aliphatic heterocycles. The summed E-state index contributed by atoms with van der Waals surface area (Å²) in [6.45, 7) is 2.62. The summed E-state index contributed by atoms with van der Waals surface area (Å²) in [5.74, 6) is -1.96. The molecule has 1 saturated carbocycles. The topological polar surface area (TPSA) is 75.0 Å². The highest BCUT2D eigenvalue weighted by atomic mass is 19.1.